The number of hydrogen-bond donors (Lipinski definition) is 1. The average molecular weight is 395 g/mol. The molecule has 0 bridgehead atoms. The highest BCUT2D eigenvalue weighted by molar-refractivity contribution is 5.98. The number of carbonyl (C=O) groups is 2. The Kier molecular flexibility index (Phi) is 7.40. The molecule has 0 saturated carbocycles. The van der Waals surface area contributed by atoms with Crippen LogP contribution in [-0.2, 0) is 14.0 Å². The van der Waals surface area contributed by atoms with Crippen LogP contribution in [0.5, 0.6) is 5.75 Å². The molecule has 2 rings (SSSR count). The number of rotatable bonds is 5. The predicted octanol–water partition coefficient (Wildman–Crippen LogP) is 2.03. The fourth-order valence-electron chi connectivity index (χ4n) is 2.98. The largest absolute Gasteiger partial charge is 0.460 e. The molecular weight excluding hydrogens is 364 g/mol. The van der Waals surface area contributed by atoms with E-state index in [1.165, 1.54) is 0 Å². The summed E-state index contributed by atoms with van der Waals surface area (Å²) in [5, 5.41) is 0. The SMILES string of the molecule is CC(C)(C)OC(=O)CC(N)c1ccc(OC(=O)N2CCCCC2O[SiH3])cc1. The highest BCUT2D eigenvalue weighted by atomic mass is 28.2. The van der Waals surface area contributed by atoms with E-state index in [1.807, 2.05) is 20.8 Å². The number of likely N-dealkylation sites (tertiary alicyclic amines) is 1. The topological polar surface area (TPSA) is 91.1 Å². The summed E-state index contributed by atoms with van der Waals surface area (Å²) >= 11 is 0. The molecule has 7 nitrogen and oxygen atoms in total. The molecule has 0 radical (unpaired) electrons. The van der Waals surface area contributed by atoms with Gasteiger partial charge in [0.25, 0.3) is 0 Å². The molecule has 27 heavy (non-hydrogen) atoms. The van der Waals surface area contributed by atoms with E-state index in [0.29, 0.717) is 22.8 Å². The quantitative estimate of drug-likeness (QED) is 0.607. The van der Waals surface area contributed by atoms with Gasteiger partial charge in [-0.05, 0) is 57.7 Å². The van der Waals surface area contributed by atoms with E-state index in [9.17, 15) is 9.59 Å². The molecule has 1 saturated heterocycles. The molecule has 1 aliphatic heterocycles. The standard InChI is InChI=1S/C19H30N2O5Si/c1-19(2,3)25-17(22)12-15(20)13-7-9-14(10-8-13)24-18(23)21-11-5-4-6-16(21)26-27/h7-10,15-16H,4-6,11-12,20H2,1-3,27H3. The summed E-state index contributed by atoms with van der Waals surface area (Å²) in [6, 6.07) is 6.41. The highest BCUT2D eigenvalue weighted by Crippen LogP contribution is 2.23. The number of nitrogens with zero attached hydrogens (tertiary/aromatic N) is 1. The third-order valence-electron chi connectivity index (χ3n) is 4.27. The minimum Gasteiger partial charge on any atom is -0.460 e. The first-order valence-electron chi connectivity index (χ1n) is 9.28. The van der Waals surface area contributed by atoms with Crippen LogP contribution < -0.4 is 10.5 Å². The number of ether oxygens (including phenoxy) is 2. The van der Waals surface area contributed by atoms with Gasteiger partial charge in [-0.25, -0.2) is 4.79 Å². The van der Waals surface area contributed by atoms with Crippen molar-refractivity contribution in [1.29, 1.82) is 0 Å². The molecule has 8 heteroatoms. The summed E-state index contributed by atoms with van der Waals surface area (Å²) in [5.74, 6) is 0.0932. The zero-order valence-electron chi connectivity index (χ0n) is 16.6. The van der Waals surface area contributed by atoms with Gasteiger partial charge in [0.1, 0.15) is 28.1 Å². The van der Waals surface area contributed by atoms with Crippen LogP contribution in [0.1, 0.15) is 58.1 Å². The lowest BCUT2D eigenvalue weighted by Gasteiger charge is -2.33. The van der Waals surface area contributed by atoms with E-state index < -0.39 is 17.7 Å². The Hall–Kier alpha value is -1.90. The predicted molar refractivity (Wildman–Crippen MR) is 105 cm³/mol. The lowest BCUT2D eigenvalue weighted by Crippen LogP contribution is -2.46. The Morgan fingerprint density at radius 3 is 2.52 bits per heavy atom. The Morgan fingerprint density at radius 2 is 1.93 bits per heavy atom. The van der Waals surface area contributed by atoms with E-state index in [-0.39, 0.29) is 18.6 Å². The summed E-state index contributed by atoms with van der Waals surface area (Å²) in [6.07, 6.45) is 2.36. The van der Waals surface area contributed by atoms with Gasteiger partial charge in [0.2, 0.25) is 0 Å². The summed E-state index contributed by atoms with van der Waals surface area (Å²) in [4.78, 5) is 25.9. The first-order chi connectivity index (χ1) is 12.7. The zero-order chi connectivity index (χ0) is 20.0. The number of hydrogen-bond acceptors (Lipinski definition) is 6. The normalized spacial score (nSPS) is 18.8. The summed E-state index contributed by atoms with van der Waals surface area (Å²) < 4.78 is 16.2. The van der Waals surface area contributed by atoms with Gasteiger partial charge in [-0.1, -0.05) is 12.1 Å². The third kappa shape index (κ3) is 6.64. The van der Waals surface area contributed by atoms with Crippen molar-refractivity contribution >= 4 is 22.5 Å². The van der Waals surface area contributed by atoms with Gasteiger partial charge in [-0.15, -0.1) is 0 Å². The molecule has 1 aliphatic rings. The molecule has 2 N–H and O–H groups in total. The summed E-state index contributed by atoms with van der Waals surface area (Å²) in [6.45, 7) is 6.10. The number of benzene rings is 1. The second-order valence-electron chi connectivity index (χ2n) is 7.71. The molecule has 1 aromatic rings. The second-order valence-corrected chi connectivity index (χ2v) is 8.18. The van der Waals surface area contributed by atoms with Gasteiger partial charge in [0.05, 0.1) is 6.42 Å². The van der Waals surface area contributed by atoms with E-state index >= 15 is 0 Å². The van der Waals surface area contributed by atoms with Crippen molar-refractivity contribution in [1.82, 2.24) is 4.90 Å². The lowest BCUT2D eigenvalue weighted by molar-refractivity contribution is -0.155. The molecular formula is C19H30N2O5Si. The molecule has 1 aromatic carbocycles. The molecule has 1 amide bonds. The minimum atomic E-state index is -0.536. The van der Waals surface area contributed by atoms with E-state index in [0.717, 1.165) is 24.8 Å². The molecule has 1 fully saturated rings. The maximum atomic E-state index is 12.4. The highest BCUT2D eigenvalue weighted by Gasteiger charge is 2.27. The van der Waals surface area contributed by atoms with Crippen molar-refractivity contribution in [2.45, 2.75) is 64.3 Å². The van der Waals surface area contributed by atoms with Crippen LogP contribution in [0.3, 0.4) is 0 Å². The molecule has 150 valence electrons. The maximum Gasteiger partial charge on any atom is 0.417 e. The van der Waals surface area contributed by atoms with E-state index in [1.54, 1.807) is 29.2 Å². The van der Waals surface area contributed by atoms with Crippen LogP contribution >= 0.6 is 0 Å². The van der Waals surface area contributed by atoms with Crippen LogP contribution in [-0.4, -0.2) is 45.8 Å². The van der Waals surface area contributed by atoms with Crippen molar-refractivity contribution in [3.05, 3.63) is 29.8 Å². The lowest BCUT2D eigenvalue weighted by atomic mass is 10.0. The molecule has 1 heterocycles. The van der Waals surface area contributed by atoms with E-state index in [4.69, 9.17) is 19.6 Å². The van der Waals surface area contributed by atoms with Crippen molar-refractivity contribution in [3.8, 4) is 5.75 Å². The average Bonchev–Trinajstić information content (AvgIpc) is 2.60. The molecule has 2 unspecified atom stereocenters. The summed E-state index contributed by atoms with van der Waals surface area (Å²) in [7, 11) is 0.578. The Bertz CT molecular complexity index is 644. The number of piperidine rings is 1. The fourth-order valence-corrected chi connectivity index (χ4v) is 3.47. The molecule has 2 atom stereocenters. The van der Waals surface area contributed by atoms with Gasteiger partial charge in [0, 0.05) is 12.6 Å². The van der Waals surface area contributed by atoms with Crippen molar-refractivity contribution < 1.29 is 23.5 Å². The number of nitrogens with two attached hydrogens (primary N) is 1. The molecule has 0 spiro atoms. The van der Waals surface area contributed by atoms with Crippen molar-refractivity contribution in [2.75, 3.05) is 6.54 Å². The van der Waals surface area contributed by atoms with Crippen molar-refractivity contribution in [2.24, 2.45) is 5.73 Å². The molecule has 0 aliphatic carbocycles. The van der Waals surface area contributed by atoms with Crippen molar-refractivity contribution in [3.63, 3.8) is 0 Å². The third-order valence-corrected chi connectivity index (χ3v) is 4.82. The van der Waals surface area contributed by atoms with E-state index in [2.05, 4.69) is 0 Å². The van der Waals surface area contributed by atoms with Crippen LogP contribution in [0.2, 0.25) is 0 Å². The molecule has 0 aromatic heterocycles. The van der Waals surface area contributed by atoms with Crippen LogP contribution in [0.15, 0.2) is 24.3 Å². The Balaban J connectivity index is 1.92. The first-order valence-corrected chi connectivity index (χ1v) is 10.1. The maximum absolute atomic E-state index is 12.4. The number of esters is 1. The summed E-state index contributed by atoms with van der Waals surface area (Å²) in [5.41, 5.74) is 6.33. The Morgan fingerprint density at radius 1 is 1.26 bits per heavy atom. The number of amides is 1. The van der Waals surface area contributed by atoms with Gasteiger partial charge in [-0.3, -0.25) is 9.69 Å². The first kappa shape index (κ1) is 21.4. The Labute approximate surface area is 163 Å². The second kappa shape index (κ2) is 9.34. The van der Waals surface area contributed by atoms with Gasteiger partial charge < -0.3 is 19.6 Å². The van der Waals surface area contributed by atoms with Gasteiger partial charge in [0.15, 0.2) is 0 Å². The van der Waals surface area contributed by atoms with Gasteiger partial charge in [-0.2, -0.15) is 0 Å². The minimum absolute atomic E-state index is 0.0869. The number of carbonyl (C=O) groups excluding carboxylic acids is 2. The van der Waals surface area contributed by atoms with Crippen LogP contribution in [0, 0.1) is 0 Å². The fraction of sp³-hybridized carbons (Fsp3) is 0.579. The van der Waals surface area contributed by atoms with Crippen LogP contribution in [0.25, 0.3) is 0 Å². The smallest absolute Gasteiger partial charge is 0.417 e. The zero-order valence-corrected chi connectivity index (χ0v) is 18.6. The van der Waals surface area contributed by atoms with Crippen LogP contribution in [0.4, 0.5) is 4.79 Å². The van der Waals surface area contributed by atoms with Gasteiger partial charge >= 0.3 is 12.1 Å². The monoisotopic (exact) mass is 394 g/mol.